The number of para-hydroxylation sites is 1. The van der Waals surface area contributed by atoms with Gasteiger partial charge in [0.05, 0.1) is 10.2 Å². The van der Waals surface area contributed by atoms with Crippen LogP contribution in [0.1, 0.15) is 36.0 Å². The van der Waals surface area contributed by atoms with Crippen LogP contribution in [0.5, 0.6) is 0 Å². The lowest BCUT2D eigenvalue weighted by molar-refractivity contribution is 0.0325. The maximum absolute atomic E-state index is 13.4. The summed E-state index contributed by atoms with van der Waals surface area (Å²) in [6.45, 7) is 5.24. The summed E-state index contributed by atoms with van der Waals surface area (Å²) in [4.78, 5) is 23.1. The number of hydrogen-bond donors (Lipinski definition) is 1. The highest BCUT2D eigenvalue weighted by molar-refractivity contribution is 7.22. The zero-order valence-electron chi connectivity index (χ0n) is 24.5. The molecule has 2 aliphatic rings. The van der Waals surface area contributed by atoms with Crippen molar-refractivity contribution in [1.29, 1.82) is 0 Å². The Bertz CT molecular complexity index is 1690. The normalized spacial score (nSPS) is 15.6. The van der Waals surface area contributed by atoms with Crippen LogP contribution < -0.4 is 10.2 Å². The molecule has 2 heterocycles. The summed E-state index contributed by atoms with van der Waals surface area (Å²) in [5.74, 6) is -0.301. The van der Waals surface area contributed by atoms with Crippen molar-refractivity contribution >= 4 is 32.8 Å². The van der Waals surface area contributed by atoms with Crippen molar-refractivity contribution in [2.24, 2.45) is 0 Å². The molecule has 224 valence electrons. The third-order valence-electron chi connectivity index (χ3n) is 8.81. The molecule has 8 heteroatoms. The van der Waals surface area contributed by atoms with E-state index in [9.17, 15) is 9.18 Å². The van der Waals surface area contributed by atoms with Gasteiger partial charge in [0.15, 0.2) is 10.7 Å². The topological polar surface area (TPSA) is 57.7 Å². The molecule has 0 radical (unpaired) electrons. The van der Waals surface area contributed by atoms with Gasteiger partial charge in [0.25, 0.3) is 0 Å². The van der Waals surface area contributed by atoms with Crippen molar-refractivity contribution in [2.75, 3.05) is 37.6 Å². The number of amides is 1. The number of hydrogen-bond acceptors (Lipinski definition) is 6. The molecule has 1 amide bonds. The fourth-order valence-corrected chi connectivity index (χ4v) is 7.57. The molecule has 5 aromatic rings. The third-order valence-corrected chi connectivity index (χ3v) is 9.91. The van der Waals surface area contributed by atoms with Crippen molar-refractivity contribution in [3.05, 3.63) is 120 Å². The van der Waals surface area contributed by atoms with Crippen molar-refractivity contribution in [1.82, 2.24) is 15.2 Å². The molecular weight excluding hydrogens is 571 g/mol. The third kappa shape index (κ3) is 5.67. The fourth-order valence-electron chi connectivity index (χ4n) is 6.55. The van der Waals surface area contributed by atoms with E-state index in [4.69, 9.17) is 9.72 Å². The number of carbonyl (C=O) groups excluding carboxylic acids is 1. The average Bonchev–Trinajstić information content (AvgIpc) is 3.61. The van der Waals surface area contributed by atoms with Gasteiger partial charge in [-0.3, -0.25) is 4.90 Å². The minimum absolute atomic E-state index is 0.265. The highest BCUT2D eigenvalue weighted by Crippen LogP contribution is 2.52. The highest BCUT2D eigenvalue weighted by Gasteiger charge is 2.46. The first-order valence-electron chi connectivity index (χ1n) is 15.3. The highest BCUT2D eigenvalue weighted by atomic mass is 32.1. The number of nitrogens with zero attached hydrogens (tertiary/aromatic N) is 3. The quantitative estimate of drug-likeness (QED) is 0.175. The van der Waals surface area contributed by atoms with E-state index in [1.807, 2.05) is 30.3 Å². The van der Waals surface area contributed by atoms with Gasteiger partial charge in [-0.15, -0.1) is 0 Å². The van der Waals surface area contributed by atoms with Crippen LogP contribution in [0.2, 0.25) is 0 Å². The Morgan fingerprint density at radius 1 is 0.841 bits per heavy atom. The molecule has 0 saturated carbocycles. The van der Waals surface area contributed by atoms with E-state index in [2.05, 4.69) is 57.6 Å². The number of piperazine rings is 1. The number of rotatable bonds is 9. The van der Waals surface area contributed by atoms with Gasteiger partial charge in [0.1, 0.15) is 5.82 Å². The molecule has 4 aromatic carbocycles. The lowest BCUT2D eigenvalue weighted by Gasteiger charge is -2.35. The molecule has 0 spiro atoms. The maximum atomic E-state index is 13.4. The molecule has 1 saturated heterocycles. The number of alkyl carbamates (subject to hydrolysis) is 1. The summed E-state index contributed by atoms with van der Waals surface area (Å²) in [6, 6.07) is 31.0. The maximum Gasteiger partial charge on any atom is 0.408 e. The molecule has 1 N–H and O–H groups in total. The molecule has 6 nitrogen and oxygen atoms in total. The Kier molecular flexibility index (Phi) is 8.02. The minimum atomic E-state index is -0.869. The van der Waals surface area contributed by atoms with E-state index in [-0.39, 0.29) is 12.4 Å². The van der Waals surface area contributed by atoms with Gasteiger partial charge < -0.3 is 15.0 Å². The standard InChI is InChI=1S/C36H35FN4O2S/c37-27-17-15-26(16-18-27)25-38-35(42)43-36(30-11-3-1-9-28(30)29-10-2-4-12-31(29)36)19-7-8-20-40-21-23-41(24-22-40)34-39-32-13-5-6-14-33(32)44-34/h1-6,9-18H,7-8,19-25H2,(H,38,42). The second-order valence-corrected chi connectivity index (χ2v) is 12.5. The lowest BCUT2D eigenvalue weighted by Crippen LogP contribution is -2.46. The predicted molar refractivity (Wildman–Crippen MR) is 175 cm³/mol. The van der Waals surface area contributed by atoms with E-state index >= 15 is 0 Å². The second kappa shape index (κ2) is 12.4. The van der Waals surface area contributed by atoms with Gasteiger partial charge in [-0.1, -0.05) is 84.1 Å². The van der Waals surface area contributed by atoms with Crippen LogP contribution in [0.25, 0.3) is 21.3 Å². The number of aromatic nitrogens is 1. The van der Waals surface area contributed by atoms with E-state index in [0.29, 0.717) is 6.42 Å². The van der Waals surface area contributed by atoms with Gasteiger partial charge in [-0.25, -0.2) is 14.2 Å². The first kappa shape index (κ1) is 28.5. The molecule has 1 fully saturated rings. The number of fused-ring (bicyclic) bond motifs is 4. The number of halogens is 1. The number of carbonyl (C=O) groups is 1. The van der Waals surface area contributed by atoms with Crippen LogP contribution in [-0.4, -0.2) is 48.7 Å². The average molecular weight is 607 g/mol. The van der Waals surface area contributed by atoms with Crippen molar-refractivity contribution in [3.63, 3.8) is 0 Å². The number of anilines is 1. The molecule has 1 aromatic heterocycles. The molecule has 0 bridgehead atoms. The van der Waals surface area contributed by atoms with Gasteiger partial charge in [0.2, 0.25) is 0 Å². The van der Waals surface area contributed by atoms with Crippen molar-refractivity contribution < 1.29 is 13.9 Å². The summed E-state index contributed by atoms with van der Waals surface area (Å²) >= 11 is 1.77. The SMILES string of the molecule is O=C(NCc1ccc(F)cc1)OC1(CCCCN2CCN(c3nc4ccccc4s3)CC2)c2ccccc2-c2ccccc21. The zero-order valence-corrected chi connectivity index (χ0v) is 25.4. The van der Waals surface area contributed by atoms with Gasteiger partial charge in [-0.05, 0) is 66.8 Å². The first-order valence-corrected chi connectivity index (χ1v) is 16.1. The van der Waals surface area contributed by atoms with Crippen LogP contribution in [0.4, 0.5) is 14.3 Å². The second-order valence-electron chi connectivity index (χ2n) is 11.5. The number of benzene rings is 4. The molecule has 0 atom stereocenters. The Hall–Kier alpha value is -4.27. The molecule has 0 unspecified atom stereocenters. The lowest BCUT2D eigenvalue weighted by atomic mass is 9.86. The molecule has 1 aliphatic heterocycles. The van der Waals surface area contributed by atoms with Gasteiger partial charge in [0, 0.05) is 43.9 Å². The zero-order chi connectivity index (χ0) is 29.9. The molecule has 1 aliphatic carbocycles. The van der Waals surface area contributed by atoms with E-state index < -0.39 is 11.7 Å². The van der Waals surface area contributed by atoms with Crippen LogP contribution in [0.15, 0.2) is 97.1 Å². The van der Waals surface area contributed by atoms with Crippen molar-refractivity contribution in [2.45, 2.75) is 31.4 Å². The Balaban J connectivity index is 1.01. The summed E-state index contributed by atoms with van der Waals surface area (Å²) < 4.78 is 21.0. The van der Waals surface area contributed by atoms with Crippen LogP contribution in [-0.2, 0) is 16.9 Å². The summed E-state index contributed by atoms with van der Waals surface area (Å²) in [5.41, 5.74) is 5.30. The van der Waals surface area contributed by atoms with Gasteiger partial charge >= 0.3 is 6.09 Å². The van der Waals surface area contributed by atoms with E-state index in [0.717, 1.165) is 84.0 Å². The summed E-state index contributed by atoms with van der Waals surface area (Å²) in [5, 5.41) is 4.01. The van der Waals surface area contributed by atoms with Crippen LogP contribution in [0, 0.1) is 5.82 Å². The largest absolute Gasteiger partial charge is 0.433 e. The summed E-state index contributed by atoms with van der Waals surface area (Å²) in [7, 11) is 0. The Morgan fingerprint density at radius 3 is 2.20 bits per heavy atom. The number of unbranched alkanes of at least 4 members (excludes halogenated alkanes) is 1. The Labute approximate surface area is 261 Å². The first-order chi connectivity index (χ1) is 21.6. The minimum Gasteiger partial charge on any atom is -0.433 e. The van der Waals surface area contributed by atoms with Crippen LogP contribution in [0.3, 0.4) is 0 Å². The smallest absolute Gasteiger partial charge is 0.408 e. The molecular formula is C36H35FN4O2S. The predicted octanol–water partition coefficient (Wildman–Crippen LogP) is 7.58. The van der Waals surface area contributed by atoms with Gasteiger partial charge in [-0.2, -0.15) is 0 Å². The fraction of sp³-hybridized carbons (Fsp3) is 0.278. The summed E-state index contributed by atoms with van der Waals surface area (Å²) in [6.07, 6.45) is 2.13. The number of nitrogens with one attached hydrogen (secondary N) is 1. The Morgan fingerprint density at radius 2 is 1.50 bits per heavy atom. The van der Waals surface area contributed by atoms with E-state index in [1.165, 1.54) is 16.8 Å². The van der Waals surface area contributed by atoms with Crippen molar-refractivity contribution in [3.8, 4) is 11.1 Å². The number of ether oxygens (including phenoxy) is 1. The molecule has 44 heavy (non-hydrogen) atoms. The monoisotopic (exact) mass is 606 g/mol. The van der Waals surface area contributed by atoms with Crippen LogP contribution >= 0.6 is 11.3 Å². The number of thiazole rings is 1. The molecule has 7 rings (SSSR count). The van der Waals surface area contributed by atoms with E-state index in [1.54, 1.807) is 23.5 Å².